The van der Waals surface area contributed by atoms with Crippen LogP contribution in [0.15, 0.2) is 91.0 Å². The Morgan fingerprint density at radius 3 is 1.22 bits per heavy atom. The molecule has 0 spiro atoms. The molecule has 0 atom stereocenters. The van der Waals surface area contributed by atoms with Crippen LogP contribution in [0.4, 0.5) is 0 Å². The number of benzene rings is 3. The summed E-state index contributed by atoms with van der Waals surface area (Å²) < 4.78 is 0.817. The molecule has 27 heavy (non-hydrogen) atoms. The molecule has 138 valence electrons. The van der Waals surface area contributed by atoms with Crippen LogP contribution < -0.4 is 15.9 Å². The van der Waals surface area contributed by atoms with E-state index in [0.29, 0.717) is 0 Å². The smallest absolute Gasteiger partial charge is 0.132 e. The predicted molar refractivity (Wildman–Crippen MR) is 130 cm³/mol. The molecular weight excluding hydrogens is 383 g/mol. The minimum atomic E-state index is -2.07. The van der Waals surface area contributed by atoms with Gasteiger partial charge in [-0.2, -0.15) is 0 Å². The molecule has 0 radical (unpaired) electrons. The highest BCUT2D eigenvalue weighted by atomic mass is 32.1. The Morgan fingerprint density at radius 1 is 0.704 bits per heavy atom. The van der Waals surface area contributed by atoms with Crippen LogP contribution in [0.25, 0.3) is 0 Å². The highest BCUT2D eigenvalue weighted by molar-refractivity contribution is 8.14. The maximum Gasteiger partial charge on any atom is 0.134 e. The van der Waals surface area contributed by atoms with Crippen molar-refractivity contribution in [3.8, 4) is 0 Å². The van der Waals surface area contributed by atoms with Crippen molar-refractivity contribution in [2.24, 2.45) is 0 Å². The molecule has 0 saturated carbocycles. The third-order valence-electron chi connectivity index (χ3n) is 5.64. The molecule has 0 amide bonds. The largest absolute Gasteiger partial charge is 0.134 e. The van der Waals surface area contributed by atoms with Gasteiger partial charge in [0.15, 0.2) is 0 Å². The normalized spacial score (nSPS) is 12.0. The molecule has 3 rings (SSSR count). The number of rotatable bonds is 7. The minimum Gasteiger partial charge on any atom is -0.132 e. The second kappa shape index (κ2) is 8.69. The maximum absolute atomic E-state index is 5.87. The van der Waals surface area contributed by atoms with Gasteiger partial charge < -0.3 is 0 Å². The van der Waals surface area contributed by atoms with Gasteiger partial charge in [0.1, 0.15) is 28.3 Å². The van der Waals surface area contributed by atoms with Gasteiger partial charge in [-0.3, -0.25) is 0 Å². The first-order chi connectivity index (χ1) is 13.1. The van der Waals surface area contributed by atoms with E-state index in [1.807, 2.05) is 0 Å². The average Bonchev–Trinajstić information content (AvgIpc) is 2.74. The molecule has 0 aliphatic rings. The molecule has 3 heteroatoms. The van der Waals surface area contributed by atoms with Crippen LogP contribution in [-0.4, -0.2) is 9.35 Å². The minimum absolute atomic E-state index is 0.185. The summed E-state index contributed by atoms with van der Waals surface area (Å²) in [5.41, 5.74) is 0. The van der Waals surface area contributed by atoms with Crippen molar-refractivity contribution >= 4 is 52.2 Å². The number of hydrogen-bond donors (Lipinski definition) is 1. The molecule has 0 nitrogen and oxygen atoms in total. The average molecular weight is 410 g/mol. The van der Waals surface area contributed by atoms with Crippen molar-refractivity contribution in [2.45, 2.75) is 31.8 Å². The molecule has 0 aliphatic heterocycles. The van der Waals surface area contributed by atoms with E-state index in [1.165, 1.54) is 15.9 Å². The Labute approximate surface area is 174 Å². The molecule has 3 aromatic carbocycles. The van der Waals surface area contributed by atoms with Gasteiger partial charge in [0.25, 0.3) is 0 Å². The molecule has 0 saturated heterocycles. The second-order valence-corrected chi connectivity index (χ2v) is 11.6. The summed E-state index contributed by atoms with van der Waals surface area (Å²) in [6.45, 7) is 4.52. The van der Waals surface area contributed by atoms with Crippen molar-refractivity contribution in [3.05, 3.63) is 91.0 Å². The van der Waals surface area contributed by atoms with E-state index in [9.17, 15) is 0 Å². The van der Waals surface area contributed by atoms with Crippen molar-refractivity contribution < 1.29 is 0 Å². The lowest BCUT2D eigenvalue weighted by Gasteiger charge is -2.43. The first-order valence-corrected chi connectivity index (χ1v) is 12.1. The van der Waals surface area contributed by atoms with E-state index in [-0.39, 0.29) is 5.16 Å². The third-order valence-corrected chi connectivity index (χ3v) is 12.1. The molecule has 0 heterocycles. The van der Waals surface area contributed by atoms with Crippen LogP contribution in [0.2, 0.25) is 0 Å². The van der Waals surface area contributed by atoms with E-state index in [1.54, 1.807) is 0 Å². The monoisotopic (exact) mass is 409 g/mol. The summed E-state index contributed by atoms with van der Waals surface area (Å²) in [5.74, 6) is 0. The Kier molecular flexibility index (Phi) is 6.52. The number of hydrogen-bond acceptors (Lipinski definition) is 1. The van der Waals surface area contributed by atoms with Gasteiger partial charge in [0.2, 0.25) is 0 Å². The van der Waals surface area contributed by atoms with Crippen LogP contribution in [0.1, 0.15) is 26.7 Å². The van der Waals surface area contributed by atoms with Gasteiger partial charge in [-0.15, -0.1) is 12.6 Å². The van der Waals surface area contributed by atoms with Gasteiger partial charge in [0.05, 0.1) is 4.20 Å². The summed E-state index contributed by atoms with van der Waals surface area (Å²) in [6.07, 6.45) is 1.91. The summed E-state index contributed by atoms with van der Waals surface area (Å²) in [6, 6.07) is 32.8. The van der Waals surface area contributed by atoms with Crippen molar-refractivity contribution in [1.82, 2.24) is 0 Å². The van der Waals surface area contributed by atoms with Crippen molar-refractivity contribution in [3.63, 3.8) is 0 Å². The first kappa shape index (κ1) is 20.3. The topological polar surface area (TPSA) is 0 Å². The van der Waals surface area contributed by atoms with Crippen molar-refractivity contribution in [2.75, 3.05) is 0 Å². The fourth-order valence-electron chi connectivity index (χ4n) is 4.31. The van der Waals surface area contributed by atoms with E-state index in [4.69, 9.17) is 24.8 Å². The van der Waals surface area contributed by atoms with Gasteiger partial charge in [-0.1, -0.05) is 80.7 Å². The van der Waals surface area contributed by atoms with Gasteiger partial charge in [-0.25, -0.2) is 0 Å². The van der Waals surface area contributed by atoms with Crippen LogP contribution in [0.5, 0.6) is 0 Å². The van der Waals surface area contributed by atoms with E-state index in [2.05, 4.69) is 105 Å². The lowest BCUT2D eigenvalue weighted by atomic mass is 10.1. The Bertz CT molecular complexity index is 775. The summed E-state index contributed by atoms with van der Waals surface area (Å²) in [7, 11) is -2.07. The molecule has 3 aromatic rings. The van der Waals surface area contributed by atoms with Crippen LogP contribution in [0, 0.1) is 0 Å². The second-order valence-electron chi connectivity index (χ2n) is 6.72. The molecule has 0 bridgehead atoms. The van der Waals surface area contributed by atoms with Gasteiger partial charge in [0, 0.05) is 0 Å². The van der Waals surface area contributed by atoms with Gasteiger partial charge in [-0.05, 0) is 49.2 Å². The summed E-state index contributed by atoms with van der Waals surface area (Å²) >= 11 is 10.7. The van der Waals surface area contributed by atoms with E-state index in [0.717, 1.165) is 17.0 Å². The summed E-state index contributed by atoms with van der Waals surface area (Å²) in [5, 5.41) is 3.91. The van der Waals surface area contributed by atoms with Crippen LogP contribution in [-0.2, 0) is 0 Å². The standard InChI is InChI=1S/C24H25PS2/c1-3-24(4-2,23(26)27)25(20-14-8-5-9-15-20,21-16-10-6-11-17-21)22-18-12-7-13-19-22/h5-19H,3-4H2,1-2H3/p+1. The predicted octanol–water partition coefficient (Wildman–Crippen LogP) is 5.80. The molecular formula is C24H26PS2+. The lowest BCUT2D eigenvalue weighted by molar-refractivity contribution is 0.697. The van der Waals surface area contributed by atoms with Gasteiger partial charge >= 0.3 is 0 Å². The fraction of sp³-hybridized carbons (Fsp3) is 0.208. The highest BCUT2D eigenvalue weighted by Crippen LogP contribution is 2.69. The Hall–Kier alpha value is -1.47. The number of thiocarbonyl (C=S) groups is 1. The SMILES string of the molecule is CCC(CC)(C(=S)S)[P+](c1ccccc1)(c1ccccc1)c1ccccc1. The Morgan fingerprint density at radius 2 is 1.00 bits per heavy atom. The fourth-order valence-corrected chi connectivity index (χ4v) is 11.3. The maximum atomic E-state index is 5.87. The van der Waals surface area contributed by atoms with Crippen LogP contribution in [0.3, 0.4) is 0 Å². The number of thiol groups is 1. The molecule has 0 N–H and O–H groups in total. The first-order valence-electron chi connectivity index (χ1n) is 9.43. The highest BCUT2D eigenvalue weighted by Gasteiger charge is 2.62. The van der Waals surface area contributed by atoms with Crippen molar-refractivity contribution in [1.29, 1.82) is 0 Å². The van der Waals surface area contributed by atoms with E-state index < -0.39 is 7.26 Å². The summed E-state index contributed by atoms with van der Waals surface area (Å²) in [4.78, 5) is 0. The van der Waals surface area contributed by atoms with E-state index >= 15 is 0 Å². The third kappa shape index (κ3) is 3.29. The molecule has 0 aromatic heterocycles. The lowest BCUT2D eigenvalue weighted by Crippen LogP contribution is -2.50. The Balaban J connectivity index is 2.53. The zero-order valence-electron chi connectivity index (χ0n) is 15.9. The zero-order chi connectivity index (χ0) is 19.3. The quantitative estimate of drug-likeness (QED) is 0.292. The van der Waals surface area contributed by atoms with Crippen LogP contribution >= 0.6 is 32.1 Å². The molecule has 0 fully saturated rings. The zero-order valence-corrected chi connectivity index (χ0v) is 18.5. The molecule has 0 aliphatic carbocycles. The molecule has 0 unspecified atom stereocenters.